The molecule has 4 nitrogen and oxygen atoms in total. The second-order valence-electron chi connectivity index (χ2n) is 6.31. The zero-order valence-electron chi connectivity index (χ0n) is 15.2. The molecule has 1 N–H and O–H groups in total. The predicted octanol–water partition coefficient (Wildman–Crippen LogP) is 5.01. The Labute approximate surface area is 163 Å². The van der Waals surface area contributed by atoms with Crippen LogP contribution in [0.25, 0.3) is 0 Å². The number of amides is 1. The van der Waals surface area contributed by atoms with E-state index in [0.29, 0.717) is 6.54 Å². The molecule has 0 aliphatic carbocycles. The van der Waals surface area contributed by atoms with Gasteiger partial charge >= 0.3 is 0 Å². The van der Waals surface area contributed by atoms with E-state index in [1.807, 2.05) is 75.4 Å². The van der Waals surface area contributed by atoms with Crippen LogP contribution >= 0.6 is 15.9 Å². The summed E-state index contributed by atoms with van der Waals surface area (Å²) in [6.07, 6.45) is 1.47. The van der Waals surface area contributed by atoms with Crippen LogP contribution in [0.4, 0.5) is 5.69 Å². The molecule has 0 unspecified atom stereocenters. The first kappa shape index (κ1) is 19.7. The normalized spacial score (nSPS) is 11.2. The van der Waals surface area contributed by atoms with Crippen LogP contribution in [0.15, 0.2) is 64.8 Å². The number of carbonyl (C=O) groups is 1. The number of carbonyl (C=O) groups excluding carboxylic acids is 1. The quantitative estimate of drug-likeness (QED) is 0.536. The number of halogens is 1. The van der Waals surface area contributed by atoms with E-state index in [9.17, 15) is 10.1 Å². The van der Waals surface area contributed by atoms with E-state index in [2.05, 4.69) is 21.2 Å². The van der Waals surface area contributed by atoms with Gasteiger partial charge in [0, 0.05) is 23.3 Å². The van der Waals surface area contributed by atoms with Crippen LogP contribution in [0.5, 0.6) is 0 Å². The van der Waals surface area contributed by atoms with Gasteiger partial charge in [-0.3, -0.25) is 4.79 Å². The number of anilines is 1. The molecule has 0 fully saturated rings. The van der Waals surface area contributed by atoms with E-state index >= 15 is 0 Å². The Bertz CT molecular complexity index is 838. The highest BCUT2D eigenvalue weighted by Crippen LogP contribution is 2.23. The van der Waals surface area contributed by atoms with Crippen LogP contribution in [0, 0.1) is 18.3 Å². The average Bonchev–Trinajstić information content (AvgIpc) is 2.62. The Kier molecular flexibility index (Phi) is 6.99. The van der Waals surface area contributed by atoms with Crippen molar-refractivity contribution in [2.45, 2.75) is 33.4 Å². The largest absolute Gasteiger partial charge is 0.359 e. The van der Waals surface area contributed by atoms with E-state index in [1.54, 1.807) is 4.90 Å². The summed E-state index contributed by atoms with van der Waals surface area (Å²) in [5.41, 5.74) is 3.02. The maximum Gasteiger partial charge on any atom is 0.266 e. The van der Waals surface area contributed by atoms with Crippen molar-refractivity contribution in [2.24, 2.45) is 0 Å². The molecule has 0 bridgehead atoms. The van der Waals surface area contributed by atoms with Gasteiger partial charge in [-0.2, -0.15) is 5.26 Å². The monoisotopic (exact) mass is 411 g/mol. The number of benzene rings is 2. The van der Waals surface area contributed by atoms with Crippen LogP contribution in [-0.4, -0.2) is 16.8 Å². The van der Waals surface area contributed by atoms with Gasteiger partial charge in [-0.05, 0) is 60.0 Å². The lowest BCUT2D eigenvalue weighted by Gasteiger charge is -2.26. The third-order valence-electron chi connectivity index (χ3n) is 3.93. The summed E-state index contributed by atoms with van der Waals surface area (Å²) in [6, 6.07) is 17.6. The SMILES string of the molecule is Cc1ccc(N/C=C(/C#N)C(=O)N(Cc2ccccc2)C(C)C)c(Br)c1. The van der Waals surface area contributed by atoms with Crippen molar-refractivity contribution in [1.29, 1.82) is 5.26 Å². The number of hydrogen-bond acceptors (Lipinski definition) is 3. The smallest absolute Gasteiger partial charge is 0.266 e. The highest BCUT2D eigenvalue weighted by molar-refractivity contribution is 9.10. The maximum atomic E-state index is 12.9. The van der Waals surface area contributed by atoms with Crippen molar-refractivity contribution in [3.8, 4) is 6.07 Å². The maximum absolute atomic E-state index is 12.9. The second-order valence-corrected chi connectivity index (χ2v) is 7.16. The molecule has 0 radical (unpaired) electrons. The number of nitrogens with zero attached hydrogens (tertiary/aromatic N) is 2. The van der Waals surface area contributed by atoms with Crippen LogP contribution in [0.2, 0.25) is 0 Å². The predicted molar refractivity (Wildman–Crippen MR) is 108 cm³/mol. The summed E-state index contributed by atoms with van der Waals surface area (Å²) in [7, 11) is 0. The Balaban J connectivity index is 2.20. The van der Waals surface area contributed by atoms with E-state index < -0.39 is 0 Å². The van der Waals surface area contributed by atoms with Gasteiger partial charge in [-0.1, -0.05) is 36.4 Å². The number of hydrogen-bond donors (Lipinski definition) is 1. The molecule has 26 heavy (non-hydrogen) atoms. The van der Waals surface area contributed by atoms with Gasteiger partial charge in [-0.15, -0.1) is 0 Å². The summed E-state index contributed by atoms with van der Waals surface area (Å²) < 4.78 is 0.878. The third-order valence-corrected chi connectivity index (χ3v) is 4.58. The fourth-order valence-corrected chi connectivity index (χ4v) is 3.06. The fourth-order valence-electron chi connectivity index (χ4n) is 2.45. The zero-order valence-corrected chi connectivity index (χ0v) is 16.7. The summed E-state index contributed by atoms with van der Waals surface area (Å²) in [5.74, 6) is -0.290. The Morgan fingerprint density at radius 2 is 1.96 bits per heavy atom. The van der Waals surface area contributed by atoms with Crippen molar-refractivity contribution in [3.63, 3.8) is 0 Å². The third kappa shape index (κ3) is 5.21. The van der Waals surface area contributed by atoms with Gasteiger partial charge in [0.25, 0.3) is 5.91 Å². The van der Waals surface area contributed by atoms with Gasteiger partial charge in [0.1, 0.15) is 11.6 Å². The molecule has 0 atom stereocenters. The minimum Gasteiger partial charge on any atom is -0.359 e. The molecule has 2 aromatic carbocycles. The lowest BCUT2D eigenvalue weighted by Crippen LogP contribution is -2.37. The molecule has 0 spiro atoms. The Morgan fingerprint density at radius 1 is 1.27 bits per heavy atom. The van der Waals surface area contributed by atoms with Gasteiger partial charge in [0.15, 0.2) is 0 Å². The van der Waals surface area contributed by atoms with E-state index in [4.69, 9.17) is 0 Å². The lowest BCUT2D eigenvalue weighted by atomic mass is 10.1. The standard InChI is InChI=1S/C21H22BrN3O/c1-15(2)25(14-17-7-5-4-6-8-17)21(26)18(12-23)13-24-20-10-9-16(3)11-19(20)22/h4-11,13,15,24H,14H2,1-3H3/b18-13-. The molecule has 0 aliphatic rings. The molecule has 0 saturated heterocycles. The van der Waals surface area contributed by atoms with E-state index in [1.165, 1.54) is 6.20 Å². The Morgan fingerprint density at radius 3 is 2.54 bits per heavy atom. The first-order valence-electron chi connectivity index (χ1n) is 8.40. The van der Waals surface area contributed by atoms with Crippen molar-refractivity contribution >= 4 is 27.5 Å². The molecular formula is C21H22BrN3O. The van der Waals surface area contributed by atoms with Crippen molar-refractivity contribution in [2.75, 3.05) is 5.32 Å². The number of nitriles is 1. The fraction of sp³-hybridized carbons (Fsp3) is 0.238. The highest BCUT2D eigenvalue weighted by atomic mass is 79.9. The number of nitrogens with one attached hydrogen (secondary N) is 1. The van der Waals surface area contributed by atoms with E-state index in [0.717, 1.165) is 21.3 Å². The van der Waals surface area contributed by atoms with Crippen molar-refractivity contribution in [1.82, 2.24) is 4.90 Å². The van der Waals surface area contributed by atoms with Gasteiger partial charge in [0.2, 0.25) is 0 Å². The summed E-state index contributed by atoms with van der Waals surface area (Å²) in [6.45, 7) is 6.35. The molecule has 2 rings (SSSR count). The average molecular weight is 412 g/mol. The molecule has 0 heterocycles. The minimum absolute atomic E-state index is 0.0226. The molecule has 0 aromatic heterocycles. The summed E-state index contributed by atoms with van der Waals surface area (Å²) in [4.78, 5) is 14.6. The molecule has 134 valence electrons. The topological polar surface area (TPSA) is 56.1 Å². The molecule has 5 heteroatoms. The van der Waals surface area contributed by atoms with Gasteiger partial charge in [-0.25, -0.2) is 0 Å². The number of rotatable bonds is 6. The van der Waals surface area contributed by atoms with Crippen LogP contribution in [0.3, 0.4) is 0 Å². The zero-order chi connectivity index (χ0) is 19.1. The first-order chi connectivity index (χ1) is 12.4. The van der Waals surface area contributed by atoms with Crippen LogP contribution in [0.1, 0.15) is 25.0 Å². The molecule has 2 aromatic rings. The van der Waals surface area contributed by atoms with Crippen molar-refractivity contribution in [3.05, 3.63) is 75.9 Å². The van der Waals surface area contributed by atoms with E-state index in [-0.39, 0.29) is 17.5 Å². The van der Waals surface area contributed by atoms with Crippen LogP contribution < -0.4 is 5.32 Å². The number of aryl methyl sites for hydroxylation is 1. The molecule has 0 aliphatic heterocycles. The van der Waals surface area contributed by atoms with Gasteiger partial charge in [0.05, 0.1) is 5.69 Å². The second kappa shape index (κ2) is 9.21. The minimum atomic E-state index is -0.290. The van der Waals surface area contributed by atoms with Crippen molar-refractivity contribution < 1.29 is 4.79 Å². The summed E-state index contributed by atoms with van der Waals surface area (Å²) in [5, 5.41) is 12.5. The summed E-state index contributed by atoms with van der Waals surface area (Å²) >= 11 is 3.48. The van der Waals surface area contributed by atoms with Gasteiger partial charge < -0.3 is 10.2 Å². The highest BCUT2D eigenvalue weighted by Gasteiger charge is 2.21. The van der Waals surface area contributed by atoms with Crippen LogP contribution in [-0.2, 0) is 11.3 Å². The molecular weight excluding hydrogens is 390 g/mol. The lowest BCUT2D eigenvalue weighted by molar-refractivity contribution is -0.129. The molecule has 0 saturated carbocycles. The molecule has 1 amide bonds. The Hall–Kier alpha value is -2.58. The first-order valence-corrected chi connectivity index (χ1v) is 9.19.